The molecule has 0 aliphatic rings. The second kappa shape index (κ2) is 12.9. The highest BCUT2D eigenvalue weighted by molar-refractivity contribution is 6.02. The first-order valence-corrected chi connectivity index (χ1v) is 10.4. The number of nitrogens with one attached hydrogen (secondary N) is 1. The fourth-order valence-electron chi connectivity index (χ4n) is 2.90. The Morgan fingerprint density at radius 2 is 2.00 bits per heavy atom. The normalized spacial score (nSPS) is 14.2. The van der Waals surface area contributed by atoms with E-state index in [2.05, 4.69) is 50.8 Å². The number of halogens is 4. The lowest BCUT2D eigenvalue weighted by Gasteiger charge is -2.36. The number of tetrazole rings is 1. The van der Waals surface area contributed by atoms with Gasteiger partial charge in [0.25, 0.3) is 0 Å². The van der Waals surface area contributed by atoms with Crippen molar-refractivity contribution in [2.24, 2.45) is 4.99 Å². The number of aliphatic hydroxyl groups is 1. The highest BCUT2D eigenvalue weighted by atomic mass is 19.3. The summed E-state index contributed by atoms with van der Waals surface area (Å²) in [5, 5.41) is 23.7. The maximum absolute atomic E-state index is 15.6. The molecule has 0 radical (unpaired) electrons. The fraction of sp³-hybridized carbons (Fsp3) is 0.160. The van der Waals surface area contributed by atoms with Gasteiger partial charge in [0.2, 0.25) is 5.91 Å². The molecule has 1 heterocycles. The van der Waals surface area contributed by atoms with Gasteiger partial charge in [-0.05, 0) is 46.8 Å². The lowest BCUT2D eigenvalue weighted by atomic mass is 9.84. The molecule has 0 saturated carbocycles. The SMILES string of the molecule is C=C/C(=N\C=C\C#Cc1ccc(NC(C)=O)cc1)C(F)(F)C(O)(Cn1cnnn1)C(/C=C\C(=C)F)=C\F. The van der Waals surface area contributed by atoms with E-state index in [1.54, 1.807) is 24.3 Å². The molecule has 1 unspecified atom stereocenters. The molecule has 2 aromatic rings. The van der Waals surface area contributed by atoms with Gasteiger partial charge in [0.1, 0.15) is 17.9 Å². The first-order valence-electron chi connectivity index (χ1n) is 10.4. The van der Waals surface area contributed by atoms with E-state index in [-0.39, 0.29) is 12.2 Å². The van der Waals surface area contributed by atoms with Crippen LogP contribution in [-0.2, 0) is 11.3 Å². The van der Waals surface area contributed by atoms with Crippen LogP contribution in [0.25, 0.3) is 0 Å². The molecule has 0 saturated heterocycles. The number of allylic oxidation sites excluding steroid dienone is 4. The number of carbonyl (C=O) groups is 1. The zero-order chi connectivity index (χ0) is 27.5. The maximum Gasteiger partial charge on any atom is 0.323 e. The minimum absolute atomic E-state index is 0.225. The van der Waals surface area contributed by atoms with Gasteiger partial charge in [-0.25, -0.2) is 13.5 Å². The molecule has 0 aliphatic carbocycles. The summed E-state index contributed by atoms with van der Waals surface area (Å²) in [5.74, 6) is -0.195. The van der Waals surface area contributed by atoms with E-state index < -0.39 is 35.2 Å². The highest BCUT2D eigenvalue weighted by Gasteiger charge is 2.58. The van der Waals surface area contributed by atoms with Crippen LogP contribution in [0.4, 0.5) is 23.2 Å². The van der Waals surface area contributed by atoms with Crippen molar-refractivity contribution in [3.05, 3.63) is 97.5 Å². The van der Waals surface area contributed by atoms with Gasteiger partial charge in [-0.3, -0.25) is 9.79 Å². The number of hydrogen-bond acceptors (Lipinski definition) is 6. The molecule has 12 heteroatoms. The number of aliphatic imine (C=N–C) groups is 1. The topological polar surface area (TPSA) is 105 Å². The van der Waals surface area contributed by atoms with Crippen LogP contribution < -0.4 is 5.32 Å². The van der Waals surface area contributed by atoms with Crippen LogP contribution in [0.2, 0.25) is 0 Å². The minimum Gasteiger partial charge on any atom is -0.377 e. The van der Waals surface area contributed by atoms with Gasteiger partial charge in [0.05, 0.1) is 12.9 Å². The van der Waals surface area contributed by atoms with Crippen LogP contribution in [-0.4, -0.2) is 48.5 Å². The van der Waals surface area contributed by atoms with Crippen LogP contribution in [0.15, 0.2) is 97.0 Å². The van der Waals surface area contributed by atoms with Crippen LogP contribution in [0.1, 0.15) is 12.5 Å². The fourth-order valence-corrected chi connectivity index (χ4v) is 2.90. The molecule has 8 nitrogen and oxygen atoms in total. The van der Waals surface area contributed by atoms with E-state index >= 15 is 8.78 Å². The van der Waals surface area contributed by atoms with Crippen molar-refractivity contribution in [2.75, 3.05) is 5.32 Å². The third-order valence-corrected chi connectivity index (χ3v) is 4.65. The summed E-state index contributed by atoms with van der Waals surface area (Å²) in [5.41, 5.74) is -4.18. The summed E-state index contributed by atoms with van der Waals surface area (Å²) in [6.45, 7) is 6.59. The van der Waals surface area contributed by atoms with Gasteiger partial charge < -0.3 is 10.4 Å². The number of benzene rings is 1. The molecular weight excluding hydrogens is 492 g/mol. The van der Waals surface area contributed by atoms with E-state index in [9.17, 15) is 18.7 Å². The lowest BCUT2D eigenvalue weighted by molar-refractivity contribution is -0.120. The van der Waals surface area contributed by atoms with E-state index in [1.165, 1.54) is 13.0 Å². The second-order valence-electron chi connectivity index (χ2n) is 7.35. The average molecular weight is 514 g/mol. The number of anilines is 1. The van der Waals surface area contributed by atoms with Gasteiger partial charge in [0.15, 0.2) is 5.60 Å². The molecule has 1 atom stereocenters. The van der Waals surface area contributed by atoms with Crippen LogP contribution in [0, 0.1) is 11.8 Å². The number of hydrogen-bond donors (Lipinski definition) is 2. The Kier molecular flexibility index (Phi) is 9.97. The van der Waals surface area contributed by atoms with Crippen molar-refractivity contribution in [1.29, 1.82) is 0 Å². The molecule has 0 spiro atoms. The Morgan fingerprint density at radius 3 is 2.54 bits per heavy atom. The Hall–Kier alpha value is -4.63. The monoisotopic (exact) mass is 514 g/mol. The number of aromatic nitrogens is 4. The molecule has 2 N–H and O–H groups in total. The third-order valence-electron chi connectivity index (χ3n) is 4.65. The van der Waals surface area contributed by atoms with Crippen LogP contribution >= 0.6 is 0 Å². The van der Waals surface area contributed by atoms with Gasteiger partial charge in [0, 0.05) is 36.0 Å². The smallest absolute Gasteiger partial charge is 0.323 e. The van der Waals surface area contributed by atoms with Crippen LogP contribution in [0.3, 0.4) is 0 Å². The Bertz CT molecular complexity index is 1300. The average Bonchev–Trinajstić information content (AvgIpc) is 3.34. The molecule has 2 rings (SSSR count). The highest BCUT2D eigenvalue weighted by Crippen LogP contribution is 2.39. The van der Waals surface area contributed by atoms with E-state index in [4.69, 9.17) is 0 Å². The minimum atomic E-state index is -4.27. The molecule has 1 aromatic heterocycles. The Labute approximate surface area is 210 Å². The molecule has 37 heavy (non-hydrogen) atoms. The van der Waals surface area contributed by atoms with Crippen molar-refractivity contribution < 1.29 is 27.5 Å². The van der Waals surface area contributed by atoms with E-state index in [0.717, 1.165) is 17.2 Å². The largest absolute Gasteiger partial charge is 0.377 e. The van der Waals surface area contributed by atoms with E-state index in [1.807, 2.05) is 0 Å². The number of alkyl halides is 2. The van der Waals surface area contributed by atoms with Crippen molar-refractivity contribution in [1.82, 2.24) is 20.2 Å². The maximum atomic E-state index is 15.6. The van der Waals surface area contributed by atoms with Crippen molar-refractivity contribution in [3.8, 4) is 11.8 Å². The zero-order valence-electron chi connectivity index (χ0n) is 19.6. The van der Waals surface area contributed by atoms with Gasteiger partial charge in [-0.2, -0.15) is 8.78 Å². The molecule has 192 valence electrons. The summed E-state index contributed by atoms with van der Waals surface area (Å²) < 4.78 is 58.7. The number of amides is 1. The zero-order valence-corrected chi connectivity index (χ0v) is 19.6. The molecule has 1 aromatic carbocycles. The summed E-state index contributed by atoms with van der Waals surface area (Å²) in [6, 6.07) is 6.56. The first-order chi connectivity index (χ1) is 17.5. The van der Waals surface area contributed by atoms with Crippen molar-refractivity contribution >= 4 is 17.3 Å². The standard InChI is InChI=1S/C25H22F4N6O2/c1-4-23(30-14-6-5-7-20-9-12-22(13-10-20)32-19(3)36)25(28,29)24(37,16-35-17-31-33-34-35)21(15-26)11-8-18(2)27/h4,6,8-15,17,37H,1-2,16H2,3H3,(H,32,36)/b11-8-,14-6+,21-15-,30-23+. The molecule has 1 amide bonds. The summed E-state index contributed by atoms with van der Waals surface area (Å²) in [6.07, 6.45) is 4.64. The summed E-state index contributed by atoms with van der Waals surface area (Å²) in [7, 11) is 0. The Balaban J connectivity index is 2.36. The first kappa shape index (κ1) is 28.6. The quantitative estimate of drug-likeness (QED) is 0.215. The van der Waals surface area contributed by atoms with Crippen molar-refractivity contribution in [3.63, 3.8) is 0 Å². The molecule has 0 bridgehead atoms. The van der Waals surface area contributed by atoms with Gasteiger partial charge in [-0.1, -0.05) is 31.1 Å². The van der Waals surface area contributed by atoms with E-state index in [0.29, 0.717) is 29.5 Å². The second-order valence-corrected chi connectivity index (χ2v) is 7.35. The number of carbonyl (C=O) groups excluding carboxylic acids is 1. The predicted octanol–water partition coefficient (Wildman–Crippen LogP) is 4.08. The summed E-state index contributed by atoms with van der Waals surface area (Å²) >= 11 is 0. The summed E-state index contributed by atoms with van der Waals surface area (Å²) in [4.78, 5) is 14.7. The third kappa shape index (κ3) is 7.68. The van der Waals surface area contributed by atoms with Gasteiger partial charge in [-0.15, -0.1) is 5.10 Å². The number of rotatable bonds is 10. The molecule has 0 aliphatic heterocycles. The molecule has 0 fully saturated rings. The Morgan fingerprint density at radius 1 is 1.30 bits per heavy atom. The molecular formula is C25H22F4N6O2. The van der Waals surface area contributed by atoms with Crippen LogP contribution in [0.5, 0.6) is 0 Å². The van der Waals surface area contributed by atoms with Gasteiger partial charge >= 0.3 is 5.92 Å². The van der Waals surface area contributed by atoms with Crippen molar-refractivity contribution in [2.45, 2.75) is 25.0 Å². The lowest BCUT2D eigenvalue weighted by Crippen LogP contribution is -2.56. The number of nitrogens with zero attached hydrogens (tertiary/aromatic N) is 5. The predicted molar refractivity (Wildman–Crippen MR) is 131 cm³/mol.